The number of aromatic nitrogens is 4. The molecule has 202 valence electrons. The van der Waals surface area contributed by atoms with Crippen LogP contribution in [0.3, 0.4) is 0 Å². The summed E-state index contributed by atoms with van der Waals surface area (Å²) in [4.78, 5) is 12.8. The smallest absolute Gasteiger partial charge is 0.189 e. The average molecular weight is 523 g/mol. The third-order valence-electron chi connectivity index (χ3n) is 8.06. The van der Waals surface area contributed by atoms with Crippen molar-refractivity contribution < 1.29 is 23.7 Å². The maximum atomic E-state index is 6.48. The number of imidazole rings is 1. The maximum Gasteiger partial charge on any atom is 0.189 e. The molecule has 0 amide bonds. The van der Waals surface area contributed by atoms with E-state index in [-0.39, 0.29) is 30.9 Å². The third-order valence-corrected chi connectivity index (χ3v) is 8.06. The Morgan fingerprint density at radius 3 is 2.61 bits per heavy atom. The predicted molar refractivity (Wildman–Crippen MR) is 136 cm³/mol. The molecule has 5 heterocycles. The molecule has 4 fully saturated rings. The minimum atomic E-state index is -0.688. The van der Waals surface area contributed by atoms with Crippen molar-refractivity contribution in [2.45, 2.75) is 88.5 Å². The van der Waals surface area contributed by atoms with Crippen molar-refractivity contribution in [3.05, 3.63) is 48.5 Å². The predicted octanol–water partition coefficient (Wildman–Crippen LogP) is 3.05. The molecule has 0 bridgehead atoms. The van der Waals surface area contributed by atoms with Crippen LogP contribution in [-0.4, -0.2) is 62.5 Å². The van der Waals surface area contributed by atoms with Gasteiger partial charge in [0.05, 0.1) is 6.33 Å². The first kappa shape index (κ1) is 24.4. The van der Waals surface area contributed by atoms with E-state index < -0.39 is 12.0 Å². The molecule has 1 saturated carbocycles. The topological polar surface area (TPSA) is 128 Å². The summed E-state index contributed by atoms with van der Waals surface area (Å²) in [7, 11) is 0. The summed E-state index contributed by atoms with van der Waals surface area (Å²) in [5.74, 6) is 0.344. The summed E-state index contributed by atoms with van der Waals surface area (Å²) in [6.07, 6.45) is 6.12. The summed E-state index contributed by atoms with van der Waals surface area (Å²) in [5.41, 5.74) is 8.25. The minimum absolute atomic E-state index is 0.0873. The first-order valence-corrected chi connectivity index (χ1v) is 13.5. The van der Waals surface area contributed by atoms with E-state index >= 15 is 0 Å². The number of ether oxygens (including phenoxy) is 5. The second-order valence-electron chi connectivity index (χ2n) is 11.2. The molecule has 0 spiro atoms. The van der Waals surface area contributed by atoms with Crippen LogP contribution in [0.2, 0.25) is 0 Å². The first-order chi connectivity index (χ1) is 18.4. The molecule has 38 heavy (non-hydrogen) atoms. The lowest BCUT2D eigenvalue weighted by Crippen LogP contribution is -2.47. The standard InChI is InChI=1S/C27H34N6O5/c1-27(2)37-21-18(34-25(22(21)38-27)33-14-32-20-23(28)30-13-31-24(20)33)12-29-17-10-15(11-17)8-9-19-35-26(36-19)16-6-4-3-5-7-16/h3-7,13-15,17-19,21-22,25-26,29H,8-12H2,1-2H3,(H2,28,30,31)/t15?,17?,18-,19?,21-,22-,25?,26?/m1/s1. The van der Waals surface area contributed by atoms with E-state index in [0.717, 1.165) is 31.2 Å². The molecule has 1 unspecified atom stereocenters. The fraction of sp³-hybridized carbons (Fsp3) is 0.593. The Morgan fingerprint density at radius 2 is 1.79 bits per heavy atom. The lowest BCUT2D eigenvalue weighted by molar-refractivity contribution is -0.392. The van der Waals surface area contributed by atoms with E-state index in [1.54, 1.807) is 6.33 Å². The van der Waals surface area contributed by atoms with E-state index in [1.165, 1.54) is 6.33 Å². The molecule has 3 saturated heterocycles. The molecule has 4 atom stereocenters. The number of benzene rings is 1. The van der Waals surface area contributed by atoms with Gasteiger partial charge in [-0.2, -0.15) is 0 Å². The quantitative estimate of drug-likeness (QED) is 0.456. The molecule has 11 nitrogen and oxygen atoms in total. The van der Waals surface area contributed by atoms with Crippen LogP contribution in [0.25, 0.3) is 11.2 Å². The number of rotatable bonds is 8. The molecule has 2 aromatic heterocycles. The molecule has 4 aliphatic rings. The van der Waals surface area contributed by atoms with Gasteiger partial charge in [0, 0.05) is 18.2 Å². The van der Waals surface area contributed by atoms with E-state index in [4.69, 9.17) is 29.4 Å². The highest BCUT2D eigenvalue weighted by atomic mass is 16.9. The number of nitrogens with two attached hydrogens (primary N) is 1. The van der Waals surface area contributed by atoms with Gasteiger partial charge in [-0.25, -0.2) is 15.0 Å². The van der Waals surface area contributed by atoms with E-state index in [1.807, 2.05) is 48.7 Å². The van der Waals surface area contributed by atoms with Gasteiger partial charge in [0.2, 0.25) is 0 Å². The van der Waals surface area contributed by atoms with Crippen LogP contribution in [0.15, 0.2) is 43.0 Å². The Balaban J connectivity index is 0.904. The van der Waals surface area contributed by atoms with Crippen molar-refractivity contribution in [1.29, 1.82) is 0 Å². The summed E-state index contributed by atoms with van der Waals surface area (Å²) >= 11 is 0. The second kappa shape index (κ2) is 9.51. The number of nitrogens with one attached hydrogen (secondary N) is 1. The Hall–Kier alpha value is -2.67. The van der Waals surface area contributed by atoms with Gasteiger partial charge in [-0.15, -0.1) is 0 Å². The molecule has 1 aromatic carbocycles. The van der Waals surface area contributed by atoms with Crippen LogP contribution in [0.1, 0.15) is 57.6 Å². The third kappa shape index (κ3) is 4.47. The van der Waals surface area contributed by atoms with Crippen LogP contribution < -0.4 is 11.1 Å². The fourth-order valence-corrected chi connectivity index (χ4v) is 6.09. The SMILES string of the molecule is CC1(C)O[C@@H]2[C@@H](CNC3CC(CCC4OC(c5ccccc5)O4)C3)OC(n3cnc4c(N)ncnc43)[C@@H]2O1. The van der Waals surface area contributed by atoms with Gasteiger partial charge in [-0.05, 0) is 45.4 Å². The zero-order valence-electron chi connectivity index (χ0n) is 21.6. The average Bonchev–Trinajstić information content (AvgIpc) is 3.51. The number of nitrogens with zero attached hydrogens (tertiary/aromatic N) is 4. The van der Waals surface area contributed by atoms with Gasteiger partial charge in [0.1, 0.15) is 30.2 Å². The largest absolute Gasteiger partial charge is 0.382 e. The van der Waals surface area contributed by atoms with Crippen molar-refractivity contribution in [3.63, 3.8) is 0 Å². The monoisotopic (exact) mass is 522 g/mol. The minimum Gasteiger partial charge on any atom is -0.382 e. The van der Waals surface area contributed by atoms with E-state index in [2.05, 4.69) is 20.3 Å². The van der Waals surface area contributed by atoms with E-state index in [9.17, 15) is 0 Å². The number of fused-ring (bicyclic) bond motifs is 2. The van der Waals surface area contributed by atoms with Gasteiger partial charge in [-0.1, -0.05) is 30.3 Å². The highest BCUT2D eigenvalue weighted by Crippen LogP contribution is 2.44. The van der Waals surface area contributed by atoms with Gasteiger partial charge in [0.25, 0.3) is 0 Å². The molecule has 0 radical (unpaired) electrons. The zero-order valence-corrected chi connectivity index (χ0v) is 21.6. The molecule has 3 aliphatic heterocycles. The summed E-state index contributed by atoms with van der Waals surface area (Å²) in [5, 5.41) is 3.69. The molecular weight excluding hydrogens is 488 g/mol. The van der Waals surface area contributed by atoms with Gasteiger partial charge in [-0.3, -0.25) is 4.57 Å². The van der Waals surface area contributed by atoms with Crippen LogP contribution in [0.4, 0.5) is 5.82 Å². The summed E-state index contributed by atoms with van der Waals surface area (Å²) < 4.78 is 32.7. The van der Waals surface area contributed by atoms with Crippen LogP contribution in [-0.2, 0) is 23.7 Å². The molecule has 7 rings (SSSR count). The highest BCUT2D eigenvalue weighted by molar-refractivity contribution is 5.81. The fourth-order valence-electron chi connectivity index (χ4n) is 6.09. The number of anilines is 1. The molecule has 11 heteroatoms. The van der Waals surface area contributed by atoms with Crippen LogP contribution >= 0.6 is 0 Å². The second-order valence-corrected chi connectivity index (χ2v) is 11.2. The number of nitrogen functional groups attached to an aromatic ring is 1. The van der Waals surface area contributed by atoms with Crippen LogP contribution in [0, 0.1) is 5.92 Å². The zero-order chi connectivity index (χ0) is 25.9. The number of hydrogen-bond acceptors (Lipinski definition) is 10. The highest BCUT2D eigenvalue weighted by Gasteiger charge is 2.56. The van der Waals surface area contributed by atoms with Crippen molar-refractivity contribution in [3.8, 4) is 0 Å². The van der Waals surface area contributed by atoms with Crippen molar-refractivity contribution in [2.75, 3.05) is 12.3 Å². The maximum absolute atomic E-state index is 6.48. The Labute approximate surface area is 221 Å². The molecule has 3 N–H and O–H groups in total. The van der Waals surface area contributed by atoms with Crippen molar-refractivity contribution in [1.82, 2.24) is 24.8 Å². The Kier molecular flexibility index (Phi) is 6.10. The van der Waals surface area contributed by atoms with Crippen LogP contribution in [0.5, 0.6) is 0 Å². The van der Waals surface area contributed by atoms with Gasteiger partial charge >= 0.3 is 0 Å². The van der Waals surface area contributed by atoms with Gasteiger partial charge in [0.15, 0.2) is 36.1 Å². The lowest BCUT2D eigenvalue weighted by atomic mass is 9.77. The normalized spacial score (nSPS) is 35.6. The van der Waals surface area contributed by atoms with E-state index in [0.29, 0.717) is 35.5 Å². The Bertz CT molecular complexity index is 1280. The van der Waals surface area contributed by atoms with Crippen molar-refractivity contribution in [2.24, 2.45) is 5.92 Å². The molecule has 3 aromatic rings. The number of hydrogen-bond donors (Lipinski definition) is 2. The van der Waals surface area contributed by atoms with Crippen molar-refractivity contribution >= 4 is 17.0 Å². The molecular formula is C27H34N6O5. The molecule has 1 aliphatic carbocycles. The summed E-state index contributed by atoms with van der Waals surface area (Å²) in [6, 6.07) is 10.6. The summed E-state index contributed by atoms with van der Waals surface area (Å²) in [6.45, 7) is 4.56. The first-order valence-electron chi connectivity index (χ1n) is 13.5. The van der Waals surface area contributed by atoms with Gasteiger partial charge < -0.3 is 34.7 Å². The lowest BCUT2D eigenvalue weighted by Gasteiger charge is -2.40. The Morgan fingerprint density at radius 1 is 1.00 bits per heavy atom.